The number of hydrogen-bond acceptors (Lipinski definition) is 3. The van der Waals surface area contributed by atoms with Gasteiger partial charge in [-0.15, -0.1) is 0 Å². The summed E-state index contributed by atoms with van der Waals surface area (Å²) in [4.78, 5) is 25.2. The number of benzene rings is 3. The number of amides is 2. The van der Waals surface area contributed by atoms with Gasteiger partial charge in [-0.3, -0.25) is 9.59 Å². The lowest BCUT2D eigenvalue weighted by atomic mass is 10.1. The van der Waals surface area contributed by atoms with Crippen LogP contribution >= 0.6 is 0 Å². The molecule has 0 atom stereocenters. The van der Waals surface area contributed by atoms with E-state index >= 15 is 0 Å². The van der Waals surface area contributed by atoms with Crippen molar-refractivity contribution in [3.63, 3.8) is 0 Å². The second-order valence-corrected chi connectivity index (χ2v) is 6.55. The molecule has 0 saturated carbocycles. The first kappa shape index (κ1) is 20.1. The summed E-state index contributed by atoms with van der Waals surface area (Å²) in [5.41, 5.74) is 2.17. The average molecular weight is 388 g/mol. The van der Waals surface area contributed by atoms with Crippen molar-refractivity contribution in [1.82, 2.24) is 0 Å². The van der Waals surface area contributed by atoms with Crippen LogP contribution in [0.5, 0.6) is 5.75 Å². The van der Waals surface area contributed by atoms with Gasteiger partial charge in [0.1, 0.15) is 5.75 Å². The Balaban J connectivity index is 1.70. The monoisotopic (exact) mass is 388 g/mol. The lowest BCUT2D eigenvalue weighted by molar-refractivity contribution is 0.101. The molecule has 0 radical (unpaired) electrons. The summed E-state index contributed by atoms with van der Waals surface area (Å²) < 4.78 is 5.74. The first-order valence-corrected chi connectivity index (χ1v) is 9.67. The highest BCUT2D eigenvalue weighted by Gasteiger charge is 2.13. The molecular formula is C24H24N2O3. The van der Waals surface area contributed by atoms with Crippen LogP contribution in [0, 0.1) is 0 Å². The van der Waals surface area contributed by atoms with Gasteiger partial charge >= 0.3 is 0 Å². The largest absolute Gasteiger partial charge is 0.493 e. The van der Waals surface area contributed by atoms with Gasteiger partial charge in [0, 0.05) is 16.9 Å². The number of ether oxygens (including phenoxy) is 1. The molecule has 0 saturated heterocycles. The third-order valence-corrected chi connectivity index (χ3v) is 4.30. The SMILES string of the molecule is CCCCOc1ccccc1C(=O)Nc1cccc(C(=O)Nc2ccccc2)c1. The fourth-order valence-electron chi connectivity index (χ4n) is 2.77. The summed E-state index contributed by atoms with van der Waals surface area (Å²) in [7, 11) is 0. The van der Waals surface area contributed by atoms with Gasteiger partial charge < -0.3 is 15.4 Å². The van der Waals surface area contributed by atoms with E-state index in [0.717, 1.165) is 12.8 Å². The van der Waals surface area contributed by atoms with Gasteiger partial charge in [-0.2, -0.15) is 0 Å². The summed E-state index contributed by atoms with van der Waals surface area (Å²) >= 11 is 0. The molecule has 29 heavy (non-hydrogen) atoms. The number of unbranched alkanes of at least 4 members (excludes halogenated alkanes) is 1. The molecule has 0 aromatic heterocycles. The van der Waals surface area contributed by atoms with Crippen LogP contribution in [-0.4, -0.2) is 18.4 Å². The molecule has 2 N–H and O–H groups in total. The Morgan fingerprint density at radius 3 is 2.28 bits per heavy atom. The average Bonchev–Trinajstić information content (AvgIpc) is 2.75. The van der Waals surface area contributed by atoms with Crippen LogP contribution < -0.4 is 15.4 Å². The quantitative estimate of drug-likeness (QED) is 0.510. The minimum Gasteiger partial charge on any atom is -0.493 e. The van der Waals surface area contributed by atoms with Crippen molar-refractivity contribution in [1.29, 1.82) is 0 Å². The zero-order valence-electron chi connectivity index (χ0n) is 16.4. The highest BCUT2D eigenvalue weighted by atomic mass is 16.5. The Bertz CT molecular complexity index is 971. The number of nitrogens with one attached hydrogen (secondary N) is 2. The van der Waals surface area contributed by atoms with Crippen molar-refractivity contribution >= 4 is 23.2 Å². The smallest absolute Gasteiger partial charge is 0.259 e. The minimum atomic E-state index is -0.280. The third-order valence-electron chi connectivity index (χ3n) is 4.30. The van der Waals surface area contributed by atoms with Crippen molar-refractivity contribution in [2.75, 3.05) is 17.2 Å². The predicted octanol–water partition coefficient (Wildman–Crippen LogP) is 5.37. The minimum absolute atomic E-state index is 0.240. The molecule has 5 nitrogen and oxygen atoms in total. The Kier molecular flexibility index (Phi) is 7.00. The van der Waals surface area contributed by atoms with Gasteiger partial charge in [-0.1, -0.05) is 49.7 Å². The van der Waals surface area contributed by atoms with E-state index in [-0.39, 0.29) is 11.8 Å². The number of rotatable bonds is 8. The van der Waals surface area contributed by atoms with Crippen LogP contribution in [0.25, 0.3) is 0 Å². The van der Waals surface area contributed by atoms with E-state index in [9.17, 15) is 9.59 Å². The molecule has 0 bridgehead atoms. The van der Waals surface area contributed by atoms with Crippen molar-refractivity contribution in [2.45, 2.75) is 19.8 Å². The maximum Gasteiger partial charge on any atom is 0.259 e. The summed E-state index contributed by atoms with van der Waals surface area (Å²) in [6.07, 6.45) is 1.95. The molecule has 0 fully saturated rings. The van der Waals surface area contributed by atoms with E-state index in [1.807, 2.05) is 36.4 Å². The number of hydrogen-bond donors (Lipinski definition) is 2. The second-order valence-electron chi connectivity index (χ2n) is 6.55. The lowest BCUT2D eigenvalue weighted by Gasteiger charge is -2.12. The van der Waals surface area contributed by atoms with Crippen LogP contribution in [0.4, 0.5) is 11.4 Å². The fourth-order valence-corrected chi connectivity index (χ4v) is 2.77. The molecular weight excluding hydrogens is 364 g/mol. The van der Waals surface area contributed by atoms with Crippen LogP contribution in [0.3, 0.4) is 0 Å². The van der Waals surface area contributed by atoms with E-state index in [4.69, 9.17) is 4.74 Å². The second kappa shape index (κ2) is 10.1. The van der Waals surface area contributed by atoms with E-state index in [1.165, 1.54) is 0 Å². The standard InChI is InChI=1S/C24H24N2O3/c1-2-3-16-29-22-15-8-7-14-21(22)24(28)26-20-13-9-10-18(17-20)23(27)25-19-11-5-4-6-12-19/h4-15,17H,2-3,16H2,1H3,(H,25,27)(H,26,28). The van der Waals surface area contributed by atoms with Gasteiger partial charge in [0.25, 0.3) is 11.8 Å². The molecule has 0 unspecified atom stereocenters. The maximum absolute atomic E-state index is 12.7. The molecule has 0 aliphatic heterocycles. The zero-order chi connectivity index (χ0) is 20.5. The third kappa shape index (κ3) is 5.69. The van der Waals surface area contributed by atoms with Crippen molar-refractivity contribution in [2.24, 2.45) is 0 Å². The van der Waals surface area contributed by atoms with Gasteiger partial charge in [0.2, 0.25) is 0 Å². The van der Waals surface area contributed by atoms with Crippen LogP contribution in [0.15, 0.2) is 78.9 Å². The summed E-state index contributed by atoms with van der Waals surface area (Å²) in [6, 6.07) is 23.2. The molecule has 0 spiro atoms. The Hall–Kier alpha value is -3.60. The zero-order valence-corrected chi connectivity index (χ0v) is 16.4. The first-order valence-electron chi connectivity index (χ1n) is 9.67. The number of para-hydroxylation sites is 2. The van der Waals surface area contributed by atoms with Crippen LogP contribution in [-0.2, 0) is 0 Å². The Morgan fingerprint density at radius 2 is 1.48 bits per heavy atom. The highest BCUT2D eigenvalue weighted by Crippen LogP contribution is 2.21. The number of carbonyl (C=O) groups excluding carboxylic acids is 2. The van der Waals surface area contributed by atoms with Gasteiger partial charge in [-0.25, -0.2) is 0 Å². The Labute approximate surface area is 170 Å². The summed E-state index contributed by atoms with van der Waals surface area (Å²) in [6.45, 7) is 2.65. The van der Waals surface area contributed by atoms with Crippen LogP contribution in [0.2, 0.25) is 0 Å². The lowest BCUT2D eigenvalue weighted by Crippen LogP contribution is -2.15. The summed E-state index contributed by atoms with van der Waals surface area (Å²) in [5, 5.41) is 5.69. The highest BCUT2D eigenvalue weighted by molar-refractivity contribution is 6.08. The van der Waals surface area contributed by atoms with Gasteiger partial charge in [-0.05, 0) is 48.9 Å². The molecule has 148 valence electrons. The van der Waals surface area contributed by atoms with Crippen molar-refractivity contribution in [3.8, 4) is 5.75 Å². The van der Waals surface area contributed by atoms with E-state index in [1.54, 1.807) is 42.5 Å². The molecule has 0 heterocycles. The molecule has 5 heteroatoms. The first-order chi connectivity index (χ1) is 14.2. The van der Waals surface area contributed by atoms with Crippen molar-refractivity contribution < 1.29 is 14.3 Å². The molecule has 3 aromatic carbocycles. The molecule has 0 aliphatic carbocycles. The Morgan fingerprint density at radius 1 is 0.793 bits per heavy atom. The molecule has 0 aliphatic rings. The maximum atomic E-state index is 12.7. The number of anilines is 2. The molecule has 3 rings (SSSR count). The normalized spacial score (nSPS) is 10.2. The predicted molar refractivity (Wildman–Crippen MR) is 116 cm³/mol. The van der Waals surface area contributed by atoms with Gasteiger partial charge in [0.05, 0.1) is 12.2 Å². The van der Waals surface area contributed by atoms with Crippen molar-refractivity contribution in [3.05, 3.63) is 90.0 Å². The van der Waals surface area contributed by atoms with E-state index in [2.05, 4.69) is 17.6 Å². The summed E-state index contributed by atoms with van der Waals surface area (Å²) in [5.74, 6) is 0.0322. The van der Waals surface area contributed by atoms with Crippen LogP contribution in [0.1, 0.15) is 40.5 Å². The van der Waals surface area contributed by atoms with Gasteiger partial charge in [0.15, 0.2) is 0 Å². The van der Waals surface area contributed by atoms with E-state index in [0.29, 0.717) is 34.9 Å². The fraction of sp³-hybridized carbons (Fsp3) is 0.167. The topological polar surface area (TPSA) is 67.4 Å². The number of carbonyl (C=O) groups is 2. The molecule has 3 aromatic rings. The molecule has 2 amide bonds. The van der Waals surface area contributed by atoms with E-state index < -0.39 is 0 Å².